The molecule has 0 aliphatic heterocycles. The minimum absolute atomic E-state index is 0.328. The predicted octanol–water partition coefficient (Wildman–Crippen LogP) is 11.5. The van der Waals surface area contributed by atoms with Crippen LogP contribution in [0.4, 0.5) is 4.39 Å². The molecule has 0 saturated carbocycles. The average Bonchev–Trinajstić information content (AvgIpc) is 3.71. The summed E-state index contributed by atoms with van der Waals surface area (Å²) in [5, 5.41) is 1.34. The van der Waals surface area contributed by atoms with Crippen molar-refractivity contribution in [2.75, 3.05) is 0 Å². The maximum Gasteiger partial charge on any atom is 0.227 e. The zero-order chi connectivity index (χ0) is 31.3. The fourth-order valence-electron chi connectivity index (χ4n) is 7.01. The lowest BCUT2D eigenvalue weighted by atomic mass is 9.89. The second-order valence-electron chi connectivity index (χ2n) is 12.0. The lowest BCUT2D eigenvalue weighted by Gasteiger charge is -2.16. The van der Waals surface area contributed by atoms with Gasteiger partial charge in [0.05, 0.1) is 5.52 Å². The largest absolute Gasteiger partial charge is 0.436 e. The second-order valence-corrected chi connectivity index (χ2v) is 12.0. The first-order chi connectivity index (χ1) is 23.2. The minimum atomic E-state index is -0.328. The number of aromatic nitrogens is 2. The number of nitrogens with zero attached hydrogens (tertiary/aromatic N) is 2. The summed E-state index contributed by atoms with van der Waals surface area (Å²) in [6.45, 7) is 0. The molecule has 2 heterocycles. The van der Waals surface area contributed by atoms with Crippen LogP contribution in [0.3, 0.4) is 0 Å². The third-order valence-corrected chi connectivity index (χ3v) is 9.23. The van der Waals surface area contributed by atoms with Crippen LogP contribution in [0, 0.1) is 5.82 Å². The van der Waals surface area contributed by atoms with Crippen molar-refractivity contribution in [3.05, 3.63) is 163 Å². The minimum Gasteiger partial charge on any atom is -0.436 e. The Morgan fingerprint density at radius 2 is 1.23 bits per heavy atom. The van der Waals surface area contributed by atoms with Crippen LogP contribution >= 0.6 is 0 Å². The normalized spacial score (nSPS) is 12.5. The van der Waals surface area contributed by atoms with E-state index in [9.17, 15) is 4.39 Å². The molecule has 0 bridgehead atoms. The predicted molar refractivity (Wildman–Crippen MR) is 190 cm³/mol. The molecule has 0 spiro atoms. The first kappa shape index (κ1) is 27.3. The number of hydrogen-bond acceptors (Lipinski definition) is 2. The van der Waals surface area contributed by atoms with Gasteiger partial charge in [0.1, 0.15) is 11.3 Å². The number of benzene rings is 6. The van der Waals surface area contributed by atoms with Crippen molar-refractivity contribution >= 4 is 28.1 Å². The molecule has 6 aromatic carbocycles. The number of allylic oxidation sites excluding steroid dienone is 1. The van der Waals surface area contributed by atoms with Gasteiger partial charge in [-0.15, -0.1) is 0 Å². The van der Waals surface area contributed by atoms with Gasteiger partial charge >= 0.3 is 0 Å². The van der Waals surface area contributed by atoms with Crippen LogP contribution in [0.2, 0.25) is 0 Å². The van der Waals surface area contributed by atoms with Gasteiger partial charge in [0, 0.05) is 28.4 Å². The van der Waals surface area contributed by atoms with Gasteiger partial charge in [-0.3, -0.25) is 0 Å². The van der Waals surface area contributed by atoms with Gasteiger partial charge in [-0.2, -0.15) is 0 Å². The molecular formula is C43H29FN2O. The Hall–Kier alpha value is -6.00. The zero-order valence-electron chi connectivity index (χ0n) is 25.5. The van der Waals surface area contributed by atoms with Crippen molar-refractivity contribution in [1.82, 2.24) is 9.55 Å². The maximum absolute atomic E-state index is 13.7. The van der Waals surface area contributed by atoms with Crippen molar-refractivity contribution in [2.24, 2.45) is 0 Å². The van der Waals surface area contributed by atoms with E-state index in [1.165, 1.54) is 56.7 Å². The summed E-state index contributed by atoms with van der Waals surface area (Å²) in [5.74, 6) is 0.148. The van der Waals surface area contributed by atoms with Crippen LogP contribution in [0.25, 0.3) is 78.6 Å². The van der Waals surface area contributed by atoms with Crippen molar-refractivity contribution in [2.45, 2.75) is 12.8 Å². The van der Waals surface area contributed by atoms with Gasteiger partial charge in [0.15, 0.2) is 5.58 Å². The number of hydrogen-bond donors (Lipinski definition) is 0. The fourth-order valence-corrected chi connectivity index (χ4v) is 7.01. The molecule has 8 aromatic rings. The molecule has 4 heteroatoms. The highest BCUT2D eigenvalue weighted by atomic mass is 19.1. The van der Waals surface area contributed by atoms with Crippen LogP contribution in [-0.4, -0.2) is 9.55 Å². The fraction of sp³-hybridized carbons (Fsp3) is 0.0465. The molecule has 0 saturated heterocycles. The van der Waals surface area contributed by atoms with E-state index in [1.54, 1.807) is 6.07 Å². The van der Waals surface area contributed by atoms with Crippen molar-refractivity contribution < 1.29 is 8.81 Å². The van der Waals surface area contributed by atoms with Crippen LogP contribution in [-0.2, 0) is 6.42 Å². The molecule has 0 unspecified atom stereocenters. The van der Waals surface area contributed by atoms with E-state index in [0.29, 0.717) is 17.0 Å². The summed E-state index contributed by atoms with van der Waals surface area (Å²) in [7, 11) is 0. The third kappa shape index (κ3) is 4.69. The molecule has 0 amide bonds. The molecule has 2 aromatic heterocycles. The molecule has 9 rings (SSSR count). The summed E-state index contributed by atoms with van der Waals surface area (Å²) in [5.41, 5.74) is 14.0. The smallest absolute Gasteiger partial charge is 0.227 e. The highest BCUT2D eigenvalue weighted by Crippen LogP contribution is 2.40. The average molecular weight is 609 g/mol. The van der Waals surface area contributed by atoms with E-state index in [2.05, 4.69) is 131 Å². The van der Waals surface area contributed by atoms with Gasteiger partial charge < -0.3 is 8.98 Å². The van der Waals surface area contributed by atoms with Gasteiger partial charge in [0.2, 0.25) is 5.89 Å². The number of halogens is 1. The van der Waals surface area contributed by atoms with Gasteiger partial charge in [-0.05, 0) is 100 Å². The first-order valence-electron chi connectivity index (χ1n) is 16.0. The Balaban J connectivity index is 1.08. The first-order valence-corrected chi connectivity index (χ1v) is 16.0. The SMILES string of the molecule is Fc1ccc2oc(-c3ccc(-c4ccccc4-c4ccccc4-c4ccc(-n5c6c(c7ccccc75)CCC=C6)cc4)cc3)nc2c1. The maximum atomic E-state index is 13.7. The summed E-state index contributed by atoms with van der Waals surface area (Å²) in [4.78, 5) is 4.50. The molecule has 0 radical (unpaired) electrons. The van der Waals surface area contributed by atoms with Crippen LogP contribution < -0.4 is 0 Å². The topological polar surface area (TPSA) is 31.0 Å². The van der Waals surface area contributed by atoms with Gasteiger partial charge in [-0.1, -0.05) is 97.1 Å². The summed E-state index contributed by atoms with van der Waals surface area (Å²) in [6.07, 6.45) is 6.72. The molecule has 1 aliphatic rings. The number of rotatable bonds is 5. The highest BCUT2D eigenvalue weighted by molar-refractivity contribution is 5.93. The summed E-state index contributed by atoms with van der Waals surface area (Å²) in [6, 6.07) is 47.5. The van der Waals surface area contributed by atoms with Crippen LogP contribution in [0.5, 0.6) is 0 Å². The van der Waals surface area contributed by atoms with Crippen molar-refractivity contribution in [1.29, 1.82) is 0 Å². The van der Waals surface area contributed by atoms with E-state index in [0.717, 1.165) is 35.1 Å². The Morgan fingerprint density at radius 3 is 1.96 bits per heavy atom. The molecule has 1 aliphatic carbocycles. The lowest BCUT2D eigenvalue weighted by molar-refractivity contribution is 0.614. The van der Waals surface area contributed by atoms with Gasteiger partial charge in [0.25, 0.3) is 0 Å². The molecular weight excluding hydrogens is 579 g/mol. The molecule has 47 heavy (non-hydrogen) atoms. The lowest BCUT2D eigenvalue weighted by Crippen LogP contribution is -2.00. The van der Waals surface area contributed by atoms with E-state index in [-0.39, 0.29) is 5.82 Å². The Morgan fingerprint density at radius 1 is 0.617 bits per heavy atom. The molecule has 3 nitrogen and oxygen atoms in total. The quantitative estimate of drug-likeness (QED) is 0.195. The van der Waals surface area contributed by atoms with Crippen molar-refractivity contribution in [3.8, 4) is 50.5 Å². The van der Waals surface area contributed by atoms with Crippen molar-refractivity contribution in [3.63, 3.8) is 0 Å². The number of fused-ring (bicyclic) bond motifs is 4. The molecule has 0 atom stereocenters. The van der Waals surface area contributed by atoms with E-state index in [4.69, 9.17) is 4.42 Å². The second kappa shape index (κ2) is 11.1. The number of para-hydroxylation sites is 1. The number of oxazole rings is 1. The Bertz CT molecular complexity index is 2460. The van der Waals surface area contributed by atoms with Crippen LogP contribution in [0.1, 0.15) is 17.7 Å². The standard InChI is InChI=1S/C43H29FN2O/c44-31-23-26-42-39(27-31)45-43(47-42)30-19-17-28(18-20-30)33-9-1-3-11-35(33)36-12-4-2-10-34(36)29-21-24-32(25-22-29)46-40-15-7-5-13-37(40)38-14-6-8-16-41(38)46/h1-5,7-13,15-27H,6,14H2. The molecule has 0 fully saturated rings. The summed E-state index contributed by atoms with van der Waals surface area (Å²) >= 11 is 0. The zero-order valence-corrected chi connectivity index (χ0v) is 25.5. The molecule has 0 N–H and O–H groups in total. The number of aryl methyl sites for hydroxylation is 1. The third-order valence-electron chi connectivity index (χ3n) is 9.23. The van der Waals surface area contributed by atoms with E-state index in [1.807, 2.05) is 12.1 Å². The van der Waals surface area contributed by atoms with E-state index < -0.39 is 0 Å². The summed E-state index contributed by atoms with van der Waals surface area (Å²) < 4.78 is 22.0. The van der Waals surface area contributed by atoms with Crippen LogP contribution in [0.15, 0.2) is 150 Å². The molecule has 224 valence electrons. The van der Waals surface area contributed by atoms with Gasteiger partial charge in [-0.25, -0.2) is 9.37 Å². The van der Waals surface area contributed by atoms with E-state index >= 15 is 0 Å². The Labute approximate surface area is 271 Å². The monoisotopic (exact) mass is 608 g/mol. The Kier molecular flexibility index (Phi) is 6.46. The highest BCUT2D eigenvalue weighted by Gasteiger charge is 2.19.